The summed E-state index contributed by atoms with van der Waals surface area (Å²) in [5, 5.41) is 10.9. The molecule has 0 spiro atoms. The second kappa shape index (κ2) is 6.84. The van der Waals surface area contributed by atoms with Crippen LogP contribution in [0.5, 0.6) is 0 Å². The summed E-state index contributed by atoms with van der Waals surface area (Å²) < 4.78 is 18.5. The molecule has 2 N–H and O–H groups in total. The van der Waals surface area contributed by atoms with Gasteiger partial charge >= 0.3 is 0 Å². The predicted molar refractivity (Wildman–Crippen MR) is 95.3 cm³/mol. The summed E-state index contributed by atoms with van der Waals surface area (Å²) in [4.78, 5) is 17.4. The van der Waals surface area contributed by atoms with Gasteiger partial charge in [0, 0.05) is 18.2 Å². The quantitative estimate of drug-likeness (QED) is 0.756. The van der Waals surface area contributed by atoms with Gasteiger partial charge in [0.1, 0.15) is 5.82 Å². The van der Waals surface area contributed by atoms with Crippen LogP contribution in [0.4, 0.5) is 4.39 Å². The smallest absolute Gasteiger partial charge is 0.259 e. The Morgan fingerprint density at radius 1 is 1.35 bits per heavy atom. The summed E-state index contributed by atoms with van der Waals surface area (Å²) in [5.41, 5.74) is 2.64. The summed E-state index contributed by atoms with van der Waals surface area (Å²) in [6, 6.07) is 7.78. The van der Waals surface area contributed by atoms with E-state index in [2.05, 4.69) is 20.8 Å². The molecule has 3 aromatic rings. The topological polar surface area (TPSA) is 80.0 Å². The van der Waals surface area contributed by atoms with Crippen molar-refractivity contribution in [3.05, 3.63) is 47.4 Å². The molecule has 1 fully saturated rings. The number of carbonyl (C=O) groups is 1. The van der Waals surface area contributed by atoms with Crippen molar-refractivity contribution in [2.45, 2.75) is 25.8 Å². The van der Waals surface area contributed by atoms with E-state index in [9.17, 15) is 9.18 Å². The van der Waals surface area contributed by atoms with Gasteiger partial charge in [-0.2, -0.15) is 0 Å². The number of fused-ring (bicyclic) bond motifs is 1. The molecule has 0 unspecified atom stereocenters. The first-order chi connectivity index (χ1) is 12.6. The highest BCUT2D eigenvalue weighted by Gasteiger charge is 2.22. The molecule has 1 aliphatic rings. The number of benzene rings is 1. The fourth-order valence-electron chi connectivity index (χ4n) is 3.28. The number of hydrogen-bond donors (Lipinski definition) is 2. The number of hydrogen-bond acceptors (Lipinski definition) is 5. The fraction of sp³-hybridized carbons (Fsp3) is 0.316. The number of aromatic nitrogens is 2. The Kier molecular flexibility index (Phi) is 4.38. The van der Waals surface area contributed by atoms with E-state index >= 15 is 0 Å². The van der Waals surface area contributed by atoms with Gasteiger partial charge in [-0.25, -0.2) is 9.37 Å². The molecule has 7 heteroatoms. The first-order valence-corrected chi connectivity index (χ1v) is 8.66. The Bertz CT molecular complexity index is 946. The monoisotopic (exact) mass is 354 g/mol. The van der Waals surface area contributed by atoms with Crippen molar-refractivity contribution in [2.24, 2.45) is 0 Å². The van der Waals surface area contributed by atoms with Crippen molar-refractivity contribution in [3.8, 4) is 11.3 Å². The molecule has 134 valence electrons. The highest BCUT2D eigenvalue weighted by Crippen LogP contribution is 2.27. The van der Waals surface area contributed by atoms with Crippen molar-refractivity contribution >= 4 is 17.0 Å². The zero-order chi connectivity index (χ0) is 18.1. The minimum absolute atomic E-state index is 0.0916. The van der Waals surface area contributed by atoms with Gasteiger partial charge in [-0.3, -0.25) is 4.79 Å². The number of pyridine rings is 1. The van der Waals surface area contributed by atoms with E-state index in [1.54, 1.807) is 25.1 Å². The predicted octanol–water partition coefficient (Wildman–Crippen LogP) is 2.82. The average molecular weight is 354 g/mol. The first-order valence-electron chi connectivity index (χ1n) is 8.66. The molecule has 0 aliphatic carbocycles. The van der Waals surface area contributed by atoms with Gasteiger partial charge < -0.3 is 15.2 Å². The Balaban J connectivity index is 1.75. The average Bonchev–Trinajstić information content (AvgIpc) is 3.03. The van der Waals surface area contributed by atoms with Crippen LogP contribution in [-0.4, -0.2) is 35.2 Å². The molecule has 3 heterocycles. The van der Waals surface area contributed by atoms with Crippen LogP contribution in [-0.2, 0) is 0 Å². The summed E-state index contributed by atoms with van der Waals surface area (Å²) in [5.74, 6) is -0.506. The van der Waals surface area contributed by atoms with E-state index in [1.807, 2.05) is 0 Å². The number of piperidine rings is 1. The van der Waals surface area contributed by atoms with E-state index < -0.39 is 0 Å². The van der Waals surface area contributed by atoms with Crippen molar-refractivity contribution in [3.63, 3.8) is 0 Å². The summed E-state index contributed by atoms with van der Waals surface area (Å²) in [6.45, 7) is 3.52. The minimum atomic E-state index is -0.326. The maximum absolute atomic E-state index is 13.2. The molecule has 4 rings (SSSR count). The van der Waals surface area contributed by atoms with E-state index in [4.69, 9.17) is 4.52 Å². The second-order valence-electron chi connectivity index (χ2n) is 6.53. The van der Waals surface area contributed by atoms with E-state index in [0.29, 0.717) is 33.6 Å². The lowest BCUT2D eigenvalue weighted by atomic mass is 10.0. The van der Waals surface area contributed by atoms with Crippen LogP contribution in [0, 0.1) is 12.7 Å². The molecule has 2 aromatic heterocycles. The number of nitrogens with one attached hydrogen (secondary N) is 2. The summed E-state index contributed by atoms with van der Waals surface area (Å²) in [7, 11) is 0. The Labute approximate surface area is 149 Å². The third-order valence-electron chi connectivity index (χ3n) is 4.63. The van der Waals surface area contributed by atoms with E-state index in [-0.39, 0.29) is 17.8 Å². The third-order valence-corrected chi connectivity index (χ3v) is 4.63. The number of rotatable bonds is 3. The van der Waals surface area contributed by atoms with Gasteiger partial charge in [-0.05, 0) is 56.6 Å². The SMILES string of the molecule is Cc1noc2nc(-c3ccc(F)cc3)cc(C(=O)N[C@H]3CCCNC3)c12. The standard InChI is InChI=1S/C19H19FN4O2/c1-11-17-15(18(25)22-14-3-2-8-21-10-14)9-16(23-19(17)26-24-11)12-4-6-13(20)7-5-12/h4-7,9,14,21H,2-3,8,10H2,1H3,(H,22,25)/t14-/m0/s1. The molecule has 6 nitrogen and oxygen atoms in total. The Morgan fingerprint density at radius 2 is 2.15 bits per heavy atom. The van der Waals surface area contributed by atoms with Crippen LogP contribution in [0.2, 0.25) is 0 Å². The lowest BCUT2D eigenvalue weighted by Crippen LogP contribution is -2.45. The molecule has 0 bridgehead atoms. The second-order valence-corrected chi connectivity index (χ2v) is 6.53. The van der Waals surface area contributed by atoms with Gasteiger partial charge in [0.15, 0.2) is 0 Å². The highest BCUT2D eigenvalue weighted by molar-refractivity contribution is 6.07. The van der Waals surface area contributed by atoms with Crippen molar-refractivity contribution in [2.75, 3.05) is 13.1 Å². The number of aryl methyl sites for hydroxylation is 1. The minimum Gasteiger partial charge on any atom is -0.348 e. The molecular weight excluding hydrogens is 335 g/mol. The van der Waals surface area contributed by atoms with E-state index in [0.717, 1.165) is 25.9 Å². The van der Waals surface area contributed by atoms with Crippen LogP contribution < -0.4 is 10.6 Å². The van der Waals surface area contributed by atoms with Crippen LogP contribution in [0.1, 0.15) is 28.9 Å². The summed E-state index contributed by atoms with van der Waals surface area (Å²) >= 11 is 0. The molecule has 1 aliphatic heterocycles. The van der Waals surface area contributed by atoms with Crippen LogP contribution in [0.25, 0.3) is 22.4 Å². The van der Waals surface area contributed by atoms with Crippen LogP contribution in [0.3, 0.4) is 0 Å². The maximum Gasteiger partial charge on any atom is 0.259 e. The van der Waals surface area contributed by atoms with Crippen molar-refractivity contribution in [1.29, 1.82) is 0 Å². The van der Waals surface area contributed by atoms with Gasteiger partial charge in [-0.15, -0.1) is 0 Å². The number of carbonyl (C=O) groups excluding carboxylic acids is 1. The molecule has 0 radical (unpaired) electrons. The van der Waals surface area contributed by atoms with E-state index in [1.165, 1.54) is 12.1 Å². The summed E-state index contributed by atoms with van der Waals surface area (Å²) in [6.07, 6.45) is 1.98. The molecule has 1 amide bonds. The van der Waals surface area contributed by atoms with Crippen molar-refractivity contribution < 1.29 is 13.7 Å². The fourth-order valence-corrected chi connectivity index (χ4v) is 3.28. The zero-order valence-corrected chi connectivity index (χ0v) is 14.4. The van der Waals surface area contributed by atoms with Gasteiger partial charge in [-0.1, -0.05) is 5.16 Å². The third kappa shape index (κ3) is 3.17. The normalized spacial score (nSPS) is 17.4. The van der Waals surface area contributed by atoms with Crippen LogP contribution in [0.15, 0.2) is 34.9 Å². The van der Waals surface area contributed by atoms with Gasteiger partial charge in [0.05, 0.1) is 22.3 Å². The lowest BCUT2D eigenvalue weighted by molar-refractivity contribution is 0.0932. The number of nitrogens with zero attached hydrogens (tertiary/aromatic N) is 2. The molecule has 26 heavy (non-hydrogen) atoms. The number of amides is 1. The largest absolute Gasteiger partial charge is 0.348 e. The molecule has 1 aromatic carbocycles. The first kappa shape index (κ1) is 16.7. The van der Waals surface area contributed by atoms with Gasteiger partial charge in [0.25, 0.3) is 11.6 Å². The van der Waals surface area contributed by atoms with Crippen LogP contribution >= 0.6 is 0 Å². The highest BCUT2D eigenvalue weighted by atomic mass is 19.1. The molecular formula is C19H19FN4O2. The van der Waals surface area contributed by atoms with Crippen molar-refractivity contribution in [1.82, 2.24) is 20.8 Å². The molecule has 0 saturated carbocycles. The Hall–Kier alpha value is -2.80. The zero-order valence-electron chi connectivity index (χ0n) is 14.4. The Morgan fingerprint density at radius 3 is 2.88 bits per heavy atom. The molecule has 1 atom stereocenters. The number of halogens is 1. The molecule has 1 saturated heterocycles. The van der Waals surface area contributed by atoms with Gasteiger partial charge in [0.2, 0.25) is 0 Å². The lowest BCUT2D eigenvalue weighted by Gasteiger charge is -2.24. The maximum atomic E-state index is 13.2.